The topological polar surface area (TPSA) is 84.4 Å². The molecule has 138 valence electrons. The first kappa shape index (κ1) is 17.2. The second kappa shape index (κ2) is 7.20. The van der Waals surface area contributed by atoms with Gasteiger partial charge in [0.05, 0.1) is 24.7 Å². The number of sulfone groups is 1. The molecule has 4 rings (SSSR count). The maximum absolute atomic E-state index is 11.7. The van der Waals surface area contributed by atoms with Crippen molar-refractivity contribution in [1.29, 1.82) is 0 Å². The summed E-state index contributed by atoms with van der Waals surface area (Å²) < 4.78 is 28.9. The number of hydrogen-bond acceptors (Lipinski definition) is 7. The SMILES string of the molecule is O=S1(=O)CCC(Nc2cc(N3CCOCC3)nc(-c3ccccc3)n2)C1. The van der Waals surface area contributed by atoms with Gasteiger partial charge in [-0.3, -0.25) is 0 Å². The second-order valence-corrected chi connectivity index (χ2v) is 8.87. The molecule has 2 aromatic rings. The van der Waals surface area contributed by atoms with Gasteiger partial charge in [0.25, 0.3) is 0 Å². The molecule has 3 heterocycles. The Bertz CT molecular complexity index is 867. The number of anilines is 2. The fourth-order valence-corrected chi connectivity index (χ4v) is 4.97. The molecule has 1 aromatic heterocycles. The zero-order chi connectivity index (χ0) is 18.0. The summed E-state index contributed by atoms with van der Waals surface area (Å²) in [6.45, 7) is 2.91. The second-order valence-electron chi connectivity index (χ2n) is 6.64. The van der Waals surface area contributed by atoms with Gasteiger partial charge in [-0.15, -0.1) is 0 Å². The first-order chi connectivity index (χ1) is 12.6. The highest BCUT2D eigenvalue weighted by molar-refractivity contribution is 7.91. The minimum atomic E-state index is -2.94. The molecule has 1 aromatic carbocycles. The molecule has 0 aliphatic carbocycles. The summed E-state index contributed by atoms with van der Waals surface area (Å²) in [6, 6.07) is 11.6. The maximum Gasteiger partial charge on any atom is 0.163 e. The molecular weight excluding hydrogens is 352 g/mol. The van der Waals surface area contributed by atoms with Crippen LogP contribution >= 0.6 is 0 Å². The van der Waals surface area contributed by atoms with Crippen LogP contribution in [-0.2, 0) is 14.6 Å². The molecule has 0 spiro atoms. The van der Waals surface area contributed by atoms with Crippen LogP contribution in [0.4, 0.5) is 11.6 Å². The molecule has 0 bridgehead atoms. The van der Waals surface area contributed by atoms with Crippen molar-refractivity contribution >= 4 is 21.5 Å². The van der Waals surface area contributed by atoms with Crippen LogP contribution in [0, 0.1) is 0 Å². The third-order valence-corrected chi connectivity index (χ3v) is 6.43. The smallest absolute Gasteiger partial charge is 0.163 e. The molecule has 0 amide bonds. The summed E-state index contributed by atoms with van der Waals surface area (Å²) in [5.41, 5.74) is 0.935. The van der Waals surface area contributed by atoms with E-state index in [1.807, 2.05) is 36.4 Å². The fourth-order valence-electron chi connectivity index (χ4n) is 3.30. The first-order valence-corrected chi connectivity index (χ1v) is 10.7. The molecule has 1 N–H and O–H groups in total. The van der Waals surface area contributed by atoms with E-state index in [0.717, 1.165) is 24.5 Å². The van der Waals surface area contributed by atoms with E-state index in [0.29, 0.717) is 31.3 Å². The molecule has 2 fully saturated rings. The van der Waals surface area contributed by atoms with Crippen molar-refractivity contribution in [3.05, 3.63) is 36.4 Å². The van der Waals surface area contributed by atoms with E-state index in [9.17, 15) is 8.42 Å². The van der Waals surface area contributed by atoms with Gasteiger partial charge in [0.15, 0.2) is 15.7 Å². The van der Waals surface area contributed by atoms with Crippen LogP contribution in [0.15, 0.2) is 36.4 Å². The molecule has 2 aliphatic heterocycles. The van der Waals surface area contributed by atoms with Gasteiger partial charge in [-0.2, -0.15) is 0 Å². The monoisotopic (exact) mass is 374 g/mol. The number of morpholine rings is 1. The third kappa shape index (κ3) is 3.96. The van der Waals surface area contributed by atoms with E-state index >= 15 is 0 Å². The van der Waals surface area contributed by atoms with Gasteiger partial charge in [0.2, 0.25) is 0 Å². The molecule has 1 atom stereocenters. The van der Waals surface area contributed by atoms with Crippen LogP contribution in [0.25, 0.3) is 11.4 Å². The lowest BCUT2D eigenvalue weighted by molar-refractivity contribution is 0.122. The van der Waals surface area contributed by atoms with Gasteiger partial charge in [-0.25, -0.2) is 18.4 Å². The molecule has 26 heavy (non-hydrogen) atoms. The predicted octanol–water partition coefficient (Wildman–Crippen LogP) is 1.58. The van der Waals surface area contributed by atoms with Crippen LogP contribution in [0.5, 0.6) is 0 Å². The summed E-state index contributed by atoms with van der Waals surface area (Å²) in [5.74, 6) is 2.54. The highest BCUT2D eigenvalue weighted by Gasteiger charge is 2.28. The Morgan fingerprint density at radius 1 is 1.12 bits per heavy atom. The first-order valence-electron chi connectivity index (χ1n) is 8.83. The van der Waals surface area contributed by atoms with Crippen molar-refractivity contribution in [1.82, 2.24) is 9.97 Å². The summed E-state index contributed by atoms with van der Waals surface area (Å²) in [7, 11) is -2.94. The summed E-state index contributed by atoms with van der Waals surface area (Å²) in [4.78, 5) is 11.5. The Labute approximate surface area is 153 Å². The van der Waals surface area contributed by atoms with Gasteiger partial charge in [-0.05, 0) is 6.42 Å². The molecule has 0 saturated carbocycles. The fraction of sp³-hybridized carbons (Fsp3) is 0.444. The van der Waals surface area contributed by atoms with E-state index in [1.165, 1.54) is 0 Å². The van der Waals surface area contributed by atoms with E-state index in [1.54, 1.807) is 0 Å². The van der Waals surface area contributed by atoms with Crippen molar-refractivity contribution in [2.45, 2.75) is 12.5 Å². The molecule has 0 radical (unpaired) electrons. The minimum Gasteiger partial charge on any atom is -0.378 e. The van der Waals surface area contributed by atoms with Crippen molar-refractivity contribution in [2.75, 3.05) is 48.0 Å². The van der Waals surface area contributed by atoms with Crippen LogP contribution < -0.4 is 10.2 Å². The van der Waals surface area contributed by atoms with E-state index < -0.39 is 9.84 Å². The minimum absolute atomic E-state index is 0.101. The van der Waals surface area contributed by atoms with Gasteiger partial charge in [-0.1, -0.05) is 30.3 Å². The lowest BCUT2D eigenvalue weighted by Crippen LogP contribution is -2.37. The number of benzene rings is 1. The zero-order valence-corrected chi connectivity index (χ0v) is 15.3. The van der Waals surface area contributed by atoms with Gasteiger partial charge in [0.1, 0.15) is 11.6 Å². The van der Waals surface area contributed by atoms with Crippen LogP contribution in [0.3, 0.4) is 0 Å². The Morgan fingerprint density at radius 2 is 1.88 bits per heavy atom. The summed E-state index contributed by atoms with van der Waals surface area (Å²) in [6.07, 6.45) is 0.611. The maximum atomic E-state index is 11.7. The standard InChI is InChI=1S/C18H22N4O3S/c23-26(24)11-6-15(13-26)19-16-12-17(22-7-9-25-10-8-22)21-18(20-16)14-4-2-1-3-5-14/h1-5,12,15H,6-11,13H2,(H,19,20,21). The molecular formula is C18H22N4O3S. The number of aromatic nitrogens is 2. The summed E-state index contributed by atoms with van der Waals surface area (Å²) >= 11 is 0. The Hall–Kier alpha value is -2.19. The van der Waals surface area contributed by atoms with Crippen molar-refractivity contribution in [2.24, 2.45) is 0 Å². The average Bonchev–Trinajstić information content (AvgIpc) is 3.01. The zero-order valence-electron chi connectivity index (χ0n) is 14.5. The van der Waals surface area contributed by atoms with E-state index in [2.05, 4.69) is 15.2 Å². The number of rotatable bonds is 4. The van der Waals surface area contributed by atoms with Crippen LogP contribution in [-0.4, -0.2) is 62.2 Å². The molecule has 8 heteroatoms. The summed E-state index contributed by atoms with van der Waals surface area (Å²) in [5, 5.41) is 3.30. The Morgan fingerprint density at radius 3 is 2.58 bits per heavy atom. The lowest BCUT2D eigenvalue weighted by Gasteiger charge is -2.28. The van der Waals surface area contributed by atoms with E-state index in [4.69, 9.17) is 9.72 Å². The third-order valence-electron chi connectivity index (χ3n) is 4.66. The molecule has 2 aliphatic rings. The largest absolute Gasteiger partial charge is 0.378 e. The van der Waals surface area contributed by atoms with Gasteiger partial charge < -0.3 is 15.0 Å². The van der Waals surface area contributed by atoms with Crippen molar-refractivity contribution < 1.29 is 13.2 Å². The van der Waals surface area contributed by atoms with Crippen molar-refractivity contribution in [3.8, 4) is 11.4 Å². The number of nitrogens with zero attached hydrogens (tertiary/aromatic N) is 3. The quantitative estimate of drug-likeness (QED) is 0.870. The van der Waals surface area contributed by atoms with Crippen molar-refractivity contribution in [3.63, 3.8) is 0 Å². The normalized spacial score (nSPS) is 22.3. The van der Waals surface area contributed by atoms with Crippen LogP contribution in [0.1, 0.15) is 6.42 Å². The highest BCUT2D eigenvalue weighted by Crippen LogP contribution is 2.25. The van der Waals surface area contributed by atoms with E-state index in [-0.39, 0.29) is 17.5 Å². The molecule has 1 unspecified atom stereocenters. The highest BCUT2D eigenvalue weighted by atomic mass is 32.2. The molecule has 7 nitrogen and oxygen atoms in total. The Balaban J connectivity index is 1.66. The molecule has 2 saturated heterocycles. The number of hydrogen-bond donors (Lipinski definition) is 1. The van der Waals surface area contributed by atoms with Crippen LogP contribution in [0.2, 0.25) is 0 Å². The lowest BCUT2D eigenvalue weighted by atomic mass is 10.2. The average molecular weight is 374 g/mol. The van der Waals surface area contributed by atoms with Gasteiger partial charge >= 0.3 is 0 Å². The number of ether oxygens (including phenoxy) is 1. The van der Waals surface area contributed by atoms with Gasteiger partial charge in [0, 0.05) is 30.8 Å². The number of nitrogens with one attached hydrogen (secondary N) is 1. The Kier molecular flexibility index (Phi) is 4.78. The predicted molar refractivity (Wildman–Crippen MR) is 101 cm³/mol.